The second-order valence-electron chi connectivity index (χ2n) is 4.14. The SMILES string of the molecule is COc1nc(NC(CCO)C(C)C)nc(OC)n1. The second-order valence-corrected chi connectivity index (χ2v) is 4.14. The normalized spacial score (nSPS) is 12.3. The van der Waals surface area contributed by atoms with E-state index in [2.05, 4.69) is 34.1 Å². The lowest BCUT2D eigenvalue weighted by Crippen LogP contribution is -2.28. The summed E-state index contributed by atoms with van der Waals surface area (Å²) in [5.74, 6) is 0.719. The highest BCUT2D eigenvalue weighted by molar-refractivity contribution is 5.29. The Labute approximate surface area is 107 Å². The number of hydrogen-bond acceptors (Lipinski definition) is 7. The first-order valence-corrected chi connectivity index (χ1v) is 5.82. The number of hydrogen-bond donors (Lipinski definition) is 2. The number of anilines is 1. The third kappa shape index (κ3) is 3.99. The zero-order valence-corrected chi connectivity index (χ0v) is 11.2. The molecule has 0 spiro atoms. The minimum absolute atomic E-state index is 0.0758. The Kier molecular flexibility index (Phi) is 5.57. The highest BCUT2D eigenvalue weighted by atomic mass is 16.5. The molecule has 0 aliphatic carbocycles. The number of rotatable bonds is 7. The van der Waals surface area contributed by atoms with Crippen LogP contribution >= 0.6 is 0 Å². The van der Waals surface area contributed by atoms with Gasteiger partial charge in [0.15, 0.2) is 0 Å². The molecule has 18 heavy (non-hydrogen) atoms. The largest absolute Gasteiger partial charge is 0.467 e. The maximum Gasteiger partial charge on any atom is 0.324 e. The van der Waals surface area contributed by atoms with Gasteiger partial charge in [-0.05, 0) is 12.3 Å². The second kappa shape index (κ2) is 6.95. The first-order valence-electron chi connectivity index (χ1n) is 5.82. The third-order valence-electron chi connectivity index (χ3n) is 2.52. The van der Waals surface area contributed by atoms with Crippen molar-refractivity contribution >= 4 is 5.95 Å². The van der Waals surface area contributed by atoms with Crippen LogP contribution in [0.3, 0.4) is 0 Å². The molecular formula is C11H20N4O3. The Morgan fingerprint density at radius 1 is 1.11 bits per heavy atom. The minimum Gasteiger partial charge on any atom is -0.467 e. The van der Waals surface area contributed by atoms with E-state index in [1.54, 1.807) is 0 Å². The Bertz CT molecular complexity index is 351. The molecule has 102 valence electrons. The Balaban J connectivity index is 2.87. The van der Waals surface area contributed by atoms with E-state index in [1.807, 2.05) is 0 Å². The minimum atomic E-state index is 0.0758. The molecule has 0 aromatic carbocycles. The van der Waals surface area contributed by atoms with E-state index in [0.29, 0.717) is 18.3 Å². The van der Waals surface area contributed by atoms with Crippen LogP contribution in [0, 0.1) is 5.92 Å². The fraction of sp³-hybridized carbons (Fsp3) is 0.727. The Morgan fingerprint density at radius 3 is 2.06 bits per heavy atom. The van der Waals surface area contributed by atoms with E-state index >= 15 is 0 Å². The van der Waals surface area contributed by atoms with Crippen molar-refractivity contribution in [3.05, 3.63) is 0 Å². The zero-order valence-electron chi connectivity index (χ0n) is 11.2. The zero-order chi connectivity index (χ0) is 13.5. The number of aromatic nitrogens is 3. The van der Waals surface area contributed by atoms with Gasteiger partial charge in [0.1, 0.15) is 0 Å². The smallest absolute Gasteiger partial charge is 0.324 e. The average Bonchev–Trinajstić information content (AvgIpc) is 2.37. The van der Waals surface area contributed by atoms with E-state index in [-0.39, 0.29) is 24.7 Å². The summed E-state index contributed by atoms with van der Waals surface area (Å²) in [6, 6.07) is 0.457. The van der Waals surface area contributed by atoms with Crippen LogP contribution in [0.15, 0.2) is 0 Å². The van der Waals surface area contributed by atoms with Crippen molar-refractivity contribution in [3.8, 4) is 12.0 Å². The van der Waals surface area contributed by atoms with E-state index in [9.17, 15) is 0 Å². The van der Waals surface area contributed by atoms with Crippen molar-refractivity contribution in [3.63, 3.8) is 0 Å². The van der Waals surface area contributed by atoms with Gasteiger partial charge in [-0.15, -0.1) is 4.98 Å². The van der Waals surface area contributed by atoms with Gasteiger partial charge in [-0.2, -0.15) is 9.97 Å². The molecule has 1 atom stereocenters. The lowest BCUT2D eigenvalue weighted by atomic mass is 10.0. The van der Waals surface area contributed by atoms with E-state index in [1.165, 1.54) is 14.2 Å². The van der Waals surface area contributed by atoms with Crippen molar-refractivity contribution in [2.45, 2.75) is 26.3 Å². The summed E-state index contributed by atoms with van der Waals surface area (Å²) in [5.41, 5.74) is 0. The quantitative estimate of drug-likeness (QED) is 0.742. The Hall–Kier alpha value is -1.63. The predicted molar refractivity (Wildman–Crippen MR) is 66.9 cm³/mol. The van der Waals surface area contributed by atoms with Crippen molar-refractivity contribution in [2.24, 2.45) is 5.92 Å². The summed E-state index contributed by atoms with van der Waals surface area (Å²) in [5, 5.41) is 12.2. The highest BCUT2D eigenvalue weighted by Crippen LogP contribution is 2.16. The molecule has 1 unspecified atom stereocenters. The van der Waals surface area contributed by atoms with Crippen LogP contribution in [0.25, 0.3) is 0 Å². The van der Waals surface area contributed by atoms with Crippen molar-refractivity contribution < 1.29 is 14.6 Å². The number of aliphatic hydroxyl groups is 1. The van der Waals surface area contributed by atoms with Crippen LogP contribution < -0.4 is 14.8 Å². The van der Waals surface area contributed by atoms with Gasteiger partial charge in [0, 0.05) is 12.6 Å². The monoisotopic (exact) mass is 256 g/mol. The van der Waals surface area contributed by atoms with Crippen LogP contribution in [-0.4, -0.2) is 46.9 Å². The molecule has 1 aromatic rings. The van der Waals surface area contributed by atoms with E-state index in [4.69, 9.17) is 14.6 Å². The summed E-state index contributed by atoms with van der Waals surface area (Å²) in [7, 11) is 2.96. The predicted octanol–water partition coefficient (Wildman–Crippen LogP) is 0.708. The van der Waals surface area contributed by atoms with Gasteiger partial charge >= 0.3 is 12.0 Å². The lowest BCUT2D eigenvalue weighted by molar-refractivity contribution is 0.267. The molecule has 0 aliphatic rings. The molecule has 1 heterocycles. The number of aliphatic hydroxyl groups excluding tert-OH is 1. The van der Waals surface area contributed by atoms with E-state index in [0.717, 1.165) is 0 Å². The molecule has 7 heteroatoms. The van der Waals surface area contributed by atoms with Crippen LogP contribution in [0.1, 0.15) is 20.3 Å². The third-order valence-corrected chi connectivity index (χ3v) is 2.52. The molecule has 0 aliphatic heterocycles. The Morgan fingerprint density at radius 2 is 1.67 bits per heavy atom. The van der Waals surface area contributed by atoms with Gasteiger partial charge in [-0.25, -0.2) is 0 Å². The number of nitrogens with one attached hydrogen (secondary N) is 1. The fourth-order valence-corrected chi connectivity index (χ4v) is 1.46. The molecule has 0 saturated carbocycles. The number of methoxy groups -OCH3 is 2. The summed E-state index contributed by atoms with van der Waals surface area (Å²) >= 11 is 0. The molecule has 0 bridgehead atoms. The van der Waals surface area contributed by atoms with Crippen molar-refractivity contribution in [2.75, 3.05) is 26.1 Å². The van der Waals surface area contributed by atoms with Gasteiger partial charge in [-0.3, -0.25) is 0 Å². The molecule has 1 rings (SSSR count). The van der Waals surface area contributed by atoms with Crippen LogP contribution in [-0.2, 0) is 0 Å². The summed E-state index contributed by atoms with van der Waals surface area (Å²) < 4.78 is 9.94. The topological polar surface area (TPSA) is 89.4 Å². The molecule has 2 N–H and O–H groups in total. The first-order chi connectivity index (χ1) is 8.60. The van der Waals surface area contributed by atoms with Gasteiger partial charge < -0.3 is 19.9 Å². The molecule has 0 radical (unpaired) electrons. The standard InChI is InChI=1S/C11H20N4O3/c1-7(2)8(5-6-16)12-9-13-10(17-3)15-11(14-9)18-4/h7-8,16H,5-6H2,1-4H3,(H,12,13,14,15). The molecular weight excluding hydrogens is 236 g/mol. The van der Waals surface area contributed by atoms with Gasteiger partial charge in [0.05, 0.1) is 14.2 Å². The van der Waals surface area contributed by atoms with Crippen LogP contribution in [0.4, 0.5) is 5.95 Å². The number of ether oxygens (including phenoxy) is 2. The molecule has 1 aromatic heterocycles. The van der Waals surface area contributed by atoms with Crippen molar-refractivity contribution in [1.29, 1.82) is 0 Å². The van der Waals surface area contributed by atoms with Crippen LogP contribution in [0.5, 0.6) is 12.0 Å². The average molecular weight is 256 g/mol. The van der Waals surface area contributed by atoms with E-state index < -0.39 is 0 Å². The maximum absolute atomic E-state index is 9.02. The van der Waals surface area contributed by atoms with Gasteiger partial charge in [-0.1, -0.05) is 13.8 Å². The van der Waals surface area contributed by atoms with Gasteiger partial charge in [0.25, 0.3) is 0 Å². The fourth-order valence-electron chi connectivity index (χ4n) is 1.46. The molecule has 0 amide bonds. The maximum atomic E-state index is 9.02. The summed E-state index contributed by atoms with van der Waals surface area (Å²) in [4.78, 5) is 12.1. The lowest BCUT2D eigenvalue weighted by Gasteiger charge is -2.21. The van der Waals surface area contributed by atoms with Gasteiger partial charge in [0.2, 0.25) is 5.95 Å². The van der Waals surface area contributed by atoms with Crippen LogP contribution in [0.2, 0.25) is 0 Å². The molecule has 7 nitrogen and oxygen atoms in total. The highest BCUT2D eigenvalue weighted by Gasteiger charge is 2.15. The summed E-state index contributed by atoms with van der Waals surface area (Å²) in [6.07, 6.45) is 0.619. The van der Waals surface area contributed by atoms with Crippen molar-refractivity contribution in [1.82, 2.24) is 15.0 Å². The number of nitrogens with zero attached hydrogens (tertiary/aromatic N) is 3. The molecule has 0 saturated heterocycles. The molecule has 0 fully saturated rings. The summed E-state index contributed by atoms with van der Waals surface area (Å²) in [6.45, 7) is 4.22. The first kappa shape index (κ1) is 14.4.